The Morgan fingerprint density at radius 2 is 1.82 bits per heavy atom. The van der Waals surface area contributed by atoms with Crippen LogP contribution < -0.4 is 24.8 Å². The number of nitrogen functional groups attached to an aromatic ring is 1. The number of rotatable bonds is 10. The molecule has 4 rings (SSSR count). The van der Waals surface area contributed by atoms with E-state index in [0.29, 0.717) is 30.3 Å². The van der Waals surface area contributed by atoms with Crippen molar-refractivity contribution in [2.45, 2.75) is 85.3 Å². The molecule has 0 radical (unpaired) electrons. The van der Waals surface area contributed by atoms with Crippen molar-refractivity contribution in [3.63, 3.8) is 0 Å². The quantitative estimate of drug-likeness (QED) is 0.292. The number of Topliss-reactive ketones (excluding diaryl/α,β-unsaturated/α-hetero) is 1. The Kier molecular flexibility index (Phi) is 8.87. The number of aromatic nitrogens is 4. The molecule has 0 bridgehead atoms. The van der Waals surface area contributed by atoms with E-state index in [4.69, 9.17) is 25.0 Å². The maximum absolute atomic E-state index is 13.8. The first-order valence-electron chi connectivity index (χ1n) is 14.3. The summed E-state index contributed by atoms with van der Waals surface area (Å²) in [5.74, 6) is 1.64. The van der Waals surface area contributed by atoms with E-state index in [2.05, 4.69) is 58.5 Å². The summed E-state index contributed by atoms with van der Waals surface area (Å²) < 4.78 is 20.9. The van der Waals surface area contributed by atoms with Crippen molar-refractivity contribution in [3.05, 3.63) is 34.9 Å². The molecule has 1 fully saturated rings. The number of carbonyl (C=O) groups is 1. The molecule has 0 saturated carbocycles. The highest BCUT2D eigenvalue weighted by atomic mass is 16.5. The summed E-state index contributed by atoms with van der Waals surface area (Å²) in [7, 11) is 1.69. The van der Waals surface area contributed by atoms with Gasteiger partial charge in [-0.05, 0) is 46.5 Å². The van der Waals surface area contributed by atoms with Crippen LogP contribution in [0.5, 0.6) is 11.6 Å². The smallest absolute Gasteiger partial charge is 0.355 e. The van der Waals surface area contributed by atoms with Crippen LogP contribution in [-0.4, -0.2) is 60.0 Å². The lowest BCUT2D eigenvalue weighted by Gasteiger charge is -2.33. The molecule has 3 heterocycles. The van der Waals surface area contributed by atoms with Gasteiger partial charge in [-0.2, -0.15) is 0 Å². The zero-order chi connectivity index (χ0) is 29.2. The molecule has 1 aliphatic rings. The Hall–Kier alpha value is -3.40. The van der Waals surface area contributed by atoms with Crippen molar-refractivity contribution in [1.82, 2.24) is 14.7 Å². The summed E-state index contributed by atoms with van der Waals surface area (Å²) in [6, 6.07) is 5.87. The maximum atomic E-state index is 13.8. The summed E-state index contributed by atoms with van der Waals surface area (Å²) in [4.78, 5) is 16.1. The minimum absolute atomic E-state index is 0.0190. The van der Waals surface area contributed by atoms with E-state index in [-0.39, 0.29) is 35.7 Å². The third kappa shape index (κ3) is 6.01. The average Bonchev–Trinajstić information content (AvgIpc) is 3.23. The minimum Gasteiger partial charge on any atom is -0.494 e. The zero-order valence-electron chi connectivity index (χ0n) is 25.3. The van der Waals surface area contributed by atoms with Crippen LogP contribution in [0.1, 0.15) is 88.7 Å². The molecular weight excluding hydrogens is 508 g/mol. The molecule has 218 valence electrons. The van der Waals surface area contributed by atoms with Crippen molar-refractivity contribution in [3.8, 4) is 11.6 Å². The van der Waals surface area contributed by atoms with Gasteiger partial charge in [-0.25, -0.2) is 0 Å². The summed E-state index contributed by atoms with van der Waals surface area (Å²) >= 11 is 0. The molecule has 1 aromatic carbocycles. The van der Waals surface area contributed by atoms with Crippen molar-refractivity contribution in [2.24, 2.45) is 0 Å². The Balaban J connectivity index is 1.76. The monoisotopic (exact) mass is 553 g/mol. The van der Waals surface area contributed by atoms with Gasteiger partial charge < -0.3 is 24.8 Å². The second-order valence-electron chi connectivity index (χ2n) is 11.8. The van der Waals surface area contributed by atoms with Gasteiger partial charge in [0, 0.05) is 35.8 Å². The van der Waals surface area contributed by atoms with Crippen molar-refractivity contribution >= 4 is 23.1 Å². The molecule has 0 amide bonds. The topological polar surface area (TPSA) is 108 Å². The van der Waals surface area contributed by atoms with E-state index in [9.17, 15) is 4.79 Å². The van der Waals surface area contributed by atoms with Gasteiger partial charge >= 0.3 is 11.6 Å². The molecule has 0 aliphatic carbocycles. The Bertz CT molecular complexity index is 1350. The van der Waals surface area contributed by atoms with E-state index in [1.54, 1.807) is 16.3 Å². The van der Waals surface area contributed by atoms with Gasteiger partial charge in [0.2, 0.25) is 5.78 Å². The van der Waals surface area contributed by atoms with Gasteiger partial charge in [0.15, 0.2) is 6.54 Å². The highest BCUT2D eigenvalue weighted by molar-refractivity contribution is 5.97. The van der Waals surface area contributed by atoms with Crippen molar-refractivity contribution < 1.29 is 23.7 Å². The first kappa shape index (κ1) is 29.6. The summed E-state index contributed by atoms with van der Waals surface area (Å²) in [6.45, 7) is 17.5. The van der Waals surface area contributed by atoms with Crippen LogP contribution in [0.2, 0.25) is 0 Å². The molecule has 3 aromatic rings. The third-order valence-electron chi connectivity index (χ3n) is 7.50. The van der Waals surface area contributed by atoms with Gasteiger partial charge in [-0.1, -0.05) is 53.0 Å². The largest absolute Gasteiger partial charge is 0.494 e. The number of fused-ring (bicyclic) bond motifs is 1. The lowest BCUT2D eigenvalue weighted by molar-refractivity contribution is -0.714. The predicted octanol–water partition coefficient (Wildman–Crippen LogP) is 4.32. The van der Waals surface area contributed by atoms with Crippen molar-refractivity contribution in [2.75, 3.05) is 44.0 Å². The van der Waals surface area contributed by atoms with Crippen molar-refractivity contribution in [1.29, 1.82) is 0 Å². The van der Waals surface area contributed by atoms with Crippen LogP contribution in [0, 0.1) is 0 Å². The van der Waals surface area contributed by atoms with Crippen LogP contribution in [0.25, 0.3) is 5.65 Å². The standard InChI is InChI=1S/C30H45N6O4/c1-9-21(10-2)40-28-22(19(3)4)17-26-35(33-29(31)36(26)32-28)18-25(37)20-15-23(30(5,6)7)27(38-8)24(16-20)34-11-13-39-14-12-34/h15-17,19,21H,9-14,18H2,1-8H3,(H2,31,33)/q+1. The Labute approximate surface area is 237 Å². The predicted molar refractivity (Wildman–Crippen MR) is 156 cm³/mol. The number of ketones is 1. The molecule has 10 heteroatoms. The summed E-state index contributed by atoms with van der Waals surface area (Å²) in [6.07, 6.45) is 1.83. The lowest BCUT2D eigenvalue weighted by Crippen LogP contribution is -2.41. The minimum atomic E-state index is -0.233. The Morgan fingerprint density at radius 1 is 1.15 bits per heavy atom. The normalized spacial score (nSPS) is 14.4. The van der Waals surface area contributed by atoms with Crippen LogP contribution in [0.15, 0.2) is 18.2 Å². The molecule has 1 saturated heterocycles. The number of benzene rings is 1. The molecule has 0 spiro atoms. The van der Waals surface area contributed by atoms with E-state index in [1.807, 2.05) is 18.2 Å². The second-order valence-corrected chi connectivity index (χ2v) is 11.8. The number of ether oxygens (including phenoxy) is 3. The summed E-state index contributed by atoms with van der Waals surface area (Å²) in [5, 5.41) is 9.22. The number of nitrogens with two attached hydrogens (primary N) is 1. The van der Waals surface area contributed by atoms with Crippen LogP contribution in [-0.2, 0) is 16.7 Å². The van der Waals surface area contributed by atoms with E-state index >= 15 is 0 Å². The third-order valence-corrected chi connectivity index (χ3v) is 7.50. The molecule has 0 unspecified atom stereocenters. The molecule has 1 aliphatic heterocycles. The Morgan fingerprint density at radius 3 is 2.40 bits per heavy atom. The van der Waals surface area contributed by atoms with Crippen LogP contribution in [0.4, 0.5) is 11.6 Å². The van der Waals surface area contributed by atoms with Gasteiger partial charge in [0.25, 0.3) is 5.88 Å². The first-order valence-corrected chi connectivity index (χ1v) is 14.3. The molecular formula is C30H45N6O4+. The highest BCUT2D eigenvalue weighted by Crippen LogP contribution is 2.40. The summed E-state index contributed by atoms with van der Waals surface area (Å²) in [5.41, 5.74) is 10.1. The van der Waals surface area contributed by atoms with Gasteiger partial charge in [0.05, 0.1) is 26.0 Å². The lowest BCUT2D eigenvalue weighted by atomic mass is 9.84. The second kappa shape index (κ2) is 12.0. The fraction of sp³-hybridized carbons (Fsp3) is 0.600. The SMILES string of the molecule is CCC(CC)Oc1nn2c(N)n[n+](CC(=O)c3cc(N4CCOCC4)c(OC)c(C(C)(C)C)c3)c2cc1C(C)C. The van der Waals surface area contributed by atoms with Gasteiger partial charge in [0.1, 0.15) is 11.9 Å². The average molecular weight is 554 g/mol. The van der Waals surface area contributed by atoms with Gasteiger partial charge in [-0.3, -0.25) is 4.79 Å². The maximum Gasteiger partial charge on any atom is 0.355 e. The van der Waals surface area contributed by atoms with E-state index in [0.717, 1.165) is 48.5 Å². The molecule has 40 heavy (non-hydrogen) atoms. The molecule has 2 aromatic heterocycles. The van der Waals surface area contributed by atoms with Gasteiger partial charge in [-0.15, -0.1) is 4.68 Å². The van der Waals surface area contributed by atoms with Crippen LogP contribution in [0.3, 0.4) is 0 Å². The number of hydrogen-bond donors (Lipinski definition) is 1. The number of methoxy groups -OCH3 is 1. The number of morpholine rings is 1. The fourth-order valence-electron chi connectivity index (χ4n) is 5.08. The number of nitrogens with zero attached hydrogens (tertiary/aromatic N) is 5. The number of anilines is 2. The first-order chi connectivity index (χ1) is 19.0. The van der Waals surface area contributed by atoms with E-state index in [1.165, 1.54) is 0 Å². The number of carbonyl (C=O) groups excluding carboxylic acids is 1. The number of hydrogen-bond acceptors (Lipinski definition) is 8. The molecule has 2 N–H and O–H groups in total. The zero-order valence-corrected chi connectivity index (χ0v) is 25.3. The van der Waals surface area contributed by atoms with Crippen LogP contribution >= 0.6 is 0 Å². The molecule has 0 atom stereocenters. The fourth-order valence-corrected chi connectivity index (χ4v) is 5.08. The highest BCUT2D eigenvalue weighted by Gasteiger charge is 2.30. The molecule has 10 nitrogen and oxygen atoms in total. The van der Waals surface area contributed by atoms with E-state index < -0.39 is 0 Å².